The van der Waals surface area contributed by atoms with Crippen molar-refractivity contribution in [2.75, 3.05) is 29.6 Å². The fraction of sp³-hybridized carbons (Fsp3) is 0.176. The summed E-state index contributed by atoms with van der Waals surface area (Å²) in [6.45, 7) is 1.51. The van der Waals surface area contributed by atoms with Gasteiger partial charge in [0.05, 0.1) is 25.0 Å². The molecular weight excluding hydrogens is 421 g/mol. The van der Waals surface area contributed by atoms with E-state index in [9.17, 15) is 9.59 Å². The molecular formula is C17H18IN3O3. The topological polar surface area (TPSA) is 79.5 Å². The predicted octanol–water partition coefficient (Wildman–Crippen LogP) is 3.31. The molecule has 0 saturated carbocycles. The quantitative estimate of drug-likeness (QED) is 0.604. The lowest BCUT2D eigenvalue weighted by atomic mass is 10.2. The average Bonchev–Trinajstić information content (AvgIpc) is 2.55. The second kappa shape index (κ2) is 8.53. The van der Waals surface area contributed by atoms with Crippen molar-refractivity contribution < 1.29 is 14.3 Å². The molecule has 2 aromatic rings. The molecule has 0 aliphatic carbocycles. The highest BCUT2D eigenvalue weighted by Crippen LogP contribution is 2.27. The molecule has 2 aromatic carbocycles. The average molecular weight is 439 g/mol. The predicted molar refractivity (Wildman–Crippen MR) is 104 cm³/mol. The fourth-order valence-corrected chi connectivity index (χ4v) is 2.58. The molecule has 0 heterocycles. The molecule has 0 radical (unpaired) electrons. The molecule has 24 heavy (non-hydrogen) atoms. The monoisotopic (exact) mass is 439 g/mol. The Kier molecular flexibility index (Phi) is 6.42. The third-order valence-corrected chi connectivity index (χ3v) is 4.05. The van der Waals surface area contributed by atoms with Gasteiger partial charge in [-0.25, -0.2) is 0 Å². The second-order valence-corrected chi connectivity index (χ2v) is 6.14. The number of methoxy groups -OCH3 is 1. The van der Waals surface area contributed by atoms with E-state index >= 15 is 0 Å². The number of nitrogens with one attached hydrogen (secondary N) is 3. The van der Waals surface area contributed by atoms with Crippen LogP contribution in [0.3, 0.4) is 0 Å². The Bertz CT molecular complexity index is 750. The molecule has 0 saturated heterocycles. The van der Waals surface area contributed by atoms with Crippen LogP contribution in [0.2, 0.25) is 0 Å². The van der Waals surface area contributed by atoms with Gasteiger partial charge in [-0.1, -0.05) is 12.1 Å². The highest BCUT2D eigenvalue weighted by atomic mass is 127. The highest BCUT2D eigenvalue weighted by molar-refractivity contribution is 14.1. The Labute approximate surface area is 154 Å². The first kappa shape index (κ1) is 18.1. The number of carbonyl (C=O) groups excluding carboxylic acids is 2. The first-order valence-corrected chi connectivity index (χ1v) is 8.31. The number of benzene rings is 2. The first-order valence-electron chi connectivity index (χ1n) is 7.23. The molecule has 0 aromatic heterocycles. The molecule has 2 amide bonds. The van der Waals surface area contributed by atoms with E-state index in [0.717, 1.165) is 9.26 Å². The van der Waals surface area contributed by atoms with E-state index in [1.165, 1.54) is 6.92 Å². The summed E-state index contributed by atoms with van der Waals surface area (Å²) in [6, 6.07) is 12.7. The molecule has 0 unspecified atom stereocenters. The van der Waals surface area contributed by atoms with Crippen LogP contribution in [-0.4, -0.2) is 25.5 Å². The van der Waals surface area contributed by atoms with Crippen LogP contribution in [0, 0.1) is 3.57 Å². The van der Waals surface area contributed by atoms with Gasteiger partial charge < -0.3 is 20.7 Å². The lowest BCUT2D eigenvalue weighted by Gasteiger charge is -2.13. The smallest absolute Gasteiger partial charge is 0.243 e. The molecule has 3 N–H and O–H groups in total. The lowest BCUT2D eigenvalue weighted by molar-refractivity contribution is -0.115. The zero-order valence-electron chi connectivity index (χ0n) is 13.4. The van der Waals surface area contributed by atoms with Crippen LogP contribution < -0.4 is 20.7 Å². The summed E-state index contributed by atoms with van der Waals surface area (Å²) in [7, 11) is 1.55. The van der Waals surface area contributed by atoms with Crippen LogP contribution in [-0.2, 0) is 9.59 Å². The van der Waals surface area contributed by atoms with Crippen LogP contribution in [0.15, 0.2) is 42.5 Å². The Balaban J connectivity index is 2.03. The molecule has 2 rings (SSSR count). The summed E-state index contributed by atoms with van der Waals surface area (Å²) in [5, 5.41) is 8.57. The van der Waals surface area contributed by atoms with Crippen molar-refractivity contribution >= 4 is 51.5 Å². The van der Waals surface area contributed by atoms with E-state index in [1.54, 1.807) is 25.3 Å². The van der Waals surface area contributed by atoms with Crippen molar-refractivity contribution in [3.63, 3.8) is 0 Å². The van der Waals surface area contributed by atoms with Crippen LogP contribution in [0.25, 0.3) is 0 Å². The standard InChI is InChI=1S/C17H18IN3O3/c1-11(22)20-12-7-8-16(24-2)15(9-12)19-10-17(23)21-14-6-4-3-5-13(14)18/h3-9,19H,10H2,1-2H3,(H,20,22)(H,21,23). The van der Waals surface area contributed by atoms with Gasteiger partial charge in [-0.05, 0) is 52.9 Å². The molecule has 7 heteroatoms. The van der Waals surface area contributed by atoms with Gasteiger partial charge in [-0.15, -0.1) is 0 Å². The Hall–Kier alpha value is -2.29. The van der Waals surface area contributed by atoms with Gasteiger partial charge in [0, 0.05) is 16.2 Å². The maximum absolute atomic E-state index is 12.1. The number of para-hydroxylation sites is 1. The molecule has 0 aliphatic rings. The van der Waals surface area contributed by atoms with Crippen molar-refractivity contribution in [1.82, 2.24) is 0 Å². The molecule has 0 atom stereocenters. The fourth-order valence-electron chi connectivity index (χ4n) is 2.06. The van der Waals surface area contributed by atoms with Crippen LogP contribution in [0.1, 0.15) is 6.92 Å². The van der Waals surface area contributed by atoms with Gasteiger partial charge in [-0.2, -0.15) is 0 Å². The zero-order chi connectivity index (χ0) is 17.5. The Morgan fingerprint density at radius 2 is 1.83 bits per heavy atom. The third-order valence-electron chi connectivity index (χ3n) is 3.11. The maximum atomic E-state index is 12.1. The van der Waals surface area contributed by atoms with Crippen LogP contribution >= 0.6 is 22.6 Å². The molecule has 0 fully saturated rings. The van der Waals surface area contributed by atoms with Gasteiger partial charge >= 0.3 is 0 Å². The summed E-state index contributed by atoms with van der Waals surface area (Å²) in [5.41, 5.74) is 2.02. The van der Waals surface area contributed by atoms with Crippen LogP contribution in [0.4, 0.5) is 17.1 Å². The van der Waals surface area contributed by atoms with E-state index in [1.807, 2.05) is 24.3 Å². The van der Waals surface area contributed by atoms with Crippen molar-refractivity contribution in [3.05, 3.63) is 46.0 Å². The number of amides is 2. The summed E-state index contributed by atoms with van der Waals surface area (Å²) in [5.74, 6) is 0.250. The number of hydrogen-bond acceptors (Lipinski definition) is 4. The minimum atomic E-state index is -0.175. The number of ether oxygens (including phenoxy) is 1. The van der Waals surface area contributed by atoms with E-state index in [4.69, 9.17) is 4.74 Å². The van der Waals surface area contributed by atoms with Gasteiger partial charge in [0.1, 0.15) is 5.75 Å². The number of halogens is 1. The maximum Gasteiger partial charge on any atom is 0.243 e. The Morgan fingerprint density at radius 1 is 1.08 bits per heavy atom. The van der Waals surface area contributed by atoms with Gasteiger partial charge in [0.25, 0.3) is 0 Å². The van der Waals surface area contributed by atoms with Crippen molar-refractivity contribution in [2.24, 2.45) is 0 Å². The molecule has 0 bridgehead atoms. The molecule has 0 spiro atoms. The number of rotatable bonds is 6. The SMILES string of the molecule is COc1ccc(NC(C)=O)cc1NCC(=O)Nc1ccccc1I. The first-order chi connectivity index (χ1) is 11.5. The summed E-state index contributed by atoms with van der Waals surface area (Å²) in [6.07, 6.45) is 0. The van der Waals surface area contributed by atoms with E-state index in [2.05, 4.69) is 38.5 Å². The minimum Gasteiger partial charge on any atom is -0.495 e. The summed E-state index contributed by atoms with van der Waals surface area (Å²) in [4.78, 5) is 23.3. The number of carbonyl (C=O) groups is 2. The van der Waals surface area contributed by atoms with Crippen molar-refractivity contribution in [3.8, 4) is 5.75 Å². The van der Waals surface area contributed by atoms with Crippen molar-refractivity contribution in [2.45, 2.75) is 6.92 Å². The van der Waals surface area contributed by atoms with E-state index in [0.29, 0.717) is 17.1 Å². The van der Waals surface area contributed by atoms with E-state index < -0.39 is 0 Å². The Morgan fingerprint density at radius 3 is 2.50 bits per heavy atom. The molecule has 0 aliphatic heterocycles. The van der Waals surface area contributed by atoms with Gasteiger partial charge in [0.15, 0.2) is 0 Å². The highest BCUT2D eigenvalue weighted by Gasteiger charge is 2.09. The normalized spacial score (nSPS) is 9.96. The third kappa shape index (κ3) is 5.12. The minimum absolute atomic E-state index is 0.0743. The molecule has 6 nitrogen and oxygen atoms in total. The van der Waals surface area contributed by atoms with Crippen LogP contribution in [0.5, 0.6) is 5.75 Å². The van der Waals surface area contributed by atoms with Gasteiger partial charge in [0.2, 0.25) is 11.8 Å². The second-order valence-electron chi connectivity index (χ2n) is 4.98. The summed E-state index contributed by atoms with van der Waals surface area (Å²) >= 11 is 2.17. The summed E-state index contributed by atoms with van der Waals surface area (Å²) < 4.78 is 6.23. The van der Waals surface area contributed by atoms with Crippen molar-refractivity contribution in [1.29, 1.82) is 0 Å². The lowest BCUT2D eigenvalue weighted by Crippen LogP contribution is -2.22. The van der Waals surface area contributed by atoms with E-state index in [-0.39, 0.29) is 18.4 Å². The number of anilines is 3. The zero-order valence-corrected chi connectivity index (χ0v) is 15.5. The number of hydrogen-bond donors (Lipinski definition) is 3. The molecule has 126 valence electrons. The van der Waals surface area contributed by atoms with Gasteiger partial charge in [-0.3, -0.25) is 9.59 Å². The largest absolute Gasteiger partial charge is 0.495 e.